The Labute approximate surface area is 247 Å². The molecule has 3 aromatic rings. The Morgan fingerprint density at radius 3 is 2.07 bits per heavy atom. The molecule has 1 heterocycles. The second kappa shape index (κ2) is 12.8. The molecule has 0 spiro atoms. The maximum atomic E-state index is 13.6. The third-order valence-corrected chi connectivity index (χ3v) is 8.84. The number of aliphatic carboxylic acids is 1. The fourth-order valence-electron chi connectivity index (χ4n) is 6.11. The van der Waals surface area contributed by atoms with Crippen molar-refractivity contribution in [3.8, 4) is 11.1 Å². The predicted octanol–water partition coefficient (Wildman–Crippen LogP) is 5.18. The SMILES string of the molecule is CCC(C)C(NC(=O)OCC1c2ccccc2-c2ccccc21)C(=O)NC1(C(=O)O)CCN(Cc2ccccc2)CC1. The van der Waals surface area contributed by atoms with Crippen molar-refractivity contribution in [1.29, 1.82) is 0 Å². The van der Waals surface area contributed by atoms with Gasteiger partial charge in [0.1, 0.15) is 18.2 Å². The van der Waals surface area contributed by atoms with Gasteiger partial charge >= 0.3 is 12.1 Å². The van der Waals surface area contributed by atoms with Crippen LogP contribution in [0.5, 0.6) is 0 Å². The quantitative estimate of drug-likeness (QED) is 0.311. The highest BCUT2D eigenvalue weighted by Gasteiger charge is 2.44. The lowest BCUT2D eigenvalue weighted by Crippen LogP contribution is -2.63. The van der Waals surface area contributed by atoms with Crippen molar-refractivity contribution in [3.05, 3.63) is 95.6 Å². The van der Waals surface area contributed by atoms with E-state index >= 15 is 0 Å². The predicted molar refractivity (Wildman–Crippen MR) is 161 cm³/mol. The number of piperidine rings is 1. The Balaban J connectivity index is 1.22. The monoisotopic (exact) mass is 569 g/mol. The molecule has 2 unspecified atom stereocenters. The summed E-state index contributed by atoms with van der Waals surface area (Å²) in [5.74, 6) is -1.89. The molecule has 2 amide bonds. The van der Waals surface area contributed by atoms with Crippen LogP contribution in [0.15, 0.2) is 78.9 Å². The summed E-state index contributed by atoms with van der Waals surface area (Å²) >= 11 is 0. The van der Waals surface area contributed by atoms with Gasteiger partial charge in [0.05, 0.1) is 0 Å². The van der Waals surface area contributed by atoms with E-state index in [4.69, 9.17) is 4.74 Å². The number of amides is 2. The summed E-state index contributed by atoms with van der Waals surface area (Å²) in [6.45, 7) is 5.72. The van der Waals surface area contributed by atoms with Crippen LogP contribution in [0.1, 0.15) is 55.7 Å². The number of carboxylic acid groups (broad SMARTS) is 1. The van der Waals surface area contributed by atoms with Gasteiger partial charge in [0.2, 0.25) is 5.91 Å². The molecule has 3 aromatic carbocycles. The maximum absolute atomic E-state index is 13.6. The summed E-state index contributed by atoms with van der Waals surface area (Å²) in [7, 11) is 0. The van der Waals surface area contributed by atoms with E-state index in [0.29, 0.717) is 19.5 Å². The number of likely N-dealkylation sites (tertiary alicyclic amines) is 1. The number of nitrogens with zero attached hydrogens (tertiary/aromatic N) is 1. The zero-order valence-corrected chi connectivity index (χ0v) is 24.2. The van der Waals surface area contributed by atoms with Crippen molar-refractivity contribution in [3.63, 3.8) is 0 Å². The molecule has 0 aromatic heterocycles. The van der Waals surface area contributed by atoms with Crippen LogP contribution in [0.25, 0.3) is 11.1 Å². The van der Waals surface area contributed by atoms with E-state index in [1.54, 1.807) is 0 Å². The number of hydrogen-bond donors (Lipinski definition) is 3. The fraction of sp³-hybridized carbons (Fsp3) is 0.382. The highest BCUT2D eigenvalue weighted by molar-refractivity contribution is 5.91. The van der Waals surface area contributed by atoms with Crippen molar-refractivity contribution in [2.75, 3.05) is 19.7 Å². The second-order valence-corrected chi connectivity index (χ2v) is 11.5. The number of nitrogens with one attached hydrogen (secondary N) is 2. The van der Waals surface area contributed by atoms with Crippen molar-refractivity contribution in [2.24, 2.45) is 5.92 Å². The van der Waals surface area contributed by atoms with E-state index in [1.165, 1.54) is 0 Å². The largest absolute Gasteiger partial charge is 0.480 e. The van der Waals surface area contributed by atoms with Gasteiger partial charge in [-0.2, -0.15) is 0 Å². The molecule has 1 aliphatic heterocycles. The average Bonchev–Trinajstić information content (AvgIpc) is 3.33. The average molecular weight is 570 g/mol. The number of carbonyl (C=O) groups is 3. The Kier molecular flexibility index (Phi) is 8.92. The van der Waals surface area contributed by atoms with Crippen LogP contribution >= 0.6 is 0 Å². The van der Waals surface area contributed by atoms with Gasteiger partial charge in [-0.05, 0) is 46.6 Å². The molecule has 8 heteroatoms. The van der Waals surface area contributed by atoms with E-state index in [0.717, 1.165) is 34.4 Å². The Morgan fingerprint density at radius 1 is 0.929 bits per heavy atom. The van der Waals surface area contributed by atoms with Crippen molar-refractivity contribution in [1.82, 2.24) is 15.5 Å². The molecule has 3 N–H and O–H groups in total. The van der Waals surface area contributed by atoms with Gasteiger partial charge < -0.3 is 20.5 Å². The first kappa shape index (κ1) is 29.3. The van der Waals surface area contributed by atoms with Crippen molar-refractivity contribution < 1.29 is 24.2 Å². The minimum absolute atomic E-state index is 0.102. The van der Waals surface area contributed by atoms with E-state index in [1.807, 2.05) is 80.6 Å². The van der Waals surface area contributed by atoms with Crippen LogP contribution in [-0.4, -0.2) is 59.3 Å². The van der Waals surface area contributed by atoms with Crippen molar-refractivity contribution >= 4 is 18.0 Å². The van der Waals surface area contributed by atoms with Crippen LogP contribution in [0.4, 0.5) is 4.79 Å². The minimum Gasteiger partial charge on any atom is -0.480 e. The first-order valence-corrected chi connectivity index (χ1v) is 14.7. The van der Waals surface area contributed by atoms with Gasteiger partial charge in [-0.3, -0.25) is 9.69 Å². The van der Waals surface area contributed by atoms with E-state index in [9.17, 15) is 19.5 Å². The zero-order chi connectivity index (χ0) is 29.7. The lowest BCUT2D eigenvalue weighted by Gasteiger charge is -2.40. The van der Waals surface area contributed by atoms with Gasteiger partial charge in [0.25, 0.3) is 0 Å². The number of rotatable bonds is 10. The van der Waals surface area contributed by atoms with Crippen molar-refractivity contribution in [2.45, 2.75) is 57.2 Å². The highest BCUT2D eigenvalue weighted by atomic mass is 16.5. The maximum Gasteiger partial charge on any atom is 0.407 e. The third-order valence-electron chi connectivity index (χ3n) is 8.84. The fourth-order valence-corrected chi connectivity index (χ4v) is 6.11. The number of alkyl carbamates (subject to hydrolysis) is 1. The molecule has 0 saturated carbocycles. The molecule has 2 atom stereocenters. The lowest BCUT2D eigenvalue weighted by atomic mass is 9.86. The molecular formula is C34H39N3O5. The van der Waals surface area contributed by atoms with E-state index in [2.05, 4.69) is 27.7 Å². The molecule has 1 saturated heterocycles. The summed E-state index contributed by atoms with van der Waals surface area (Å²) in [5.41, 5.74) is 4.24. The summed E-state index contributed by atoms with van der Waals surface area (Å²) in [5, 5.41) is 15.8. The smallest absolute Gasteiger partial charge is 0.407 e. The molecule has 220 valence electrons. The standard InChI is InChI=1S/C34H39N3O5/c1-3-23(2)30(31(38)36-34(32(39)40)17-19-37(20-18-34)21-24-11-5-4-6-12-24)35-33(41)42-22-29-27-15-9-7-13-25(27)26-14-8-10-16-28(26)29/h4-16,23,29-30H,3,17-22H2,1-2H3,(H,35,41)(H,36,38)(H,39,40). The number of carbonyl (C=O) groups excluding carboxylic acids is 2. The number of carboxylic acids is 1. The molecule has 5 rings (SSSR count). The first-order chi connectivity index (χ1) is 20.3. The van der Waals surface area contributed by atoms with E-state index < -0.39 is 29.6 Å². The first-order valence-electron chi connectivity index (χ1n) is 14.7. The summed E-state index contributed by atoms with van der Waals surface area (Å²) in [6.07, 6.45) is 0.476. The Morgan fingerprint density at radius 2 is 1.50 bits per heavy atom. The Hall–Kier alpha value is -4.17. The van der Waals surface area contributed by atoms with Crippen LogP contribution < -0.4 is 10.6 Å². The highest BCUT2D eigenvalue weighted by Crippen LogP contribution is 2.44. The van der Waals surface area contributed by atoms with Gasteiger partial charge in [0, 0.05) is 25.6 Å². The van der Waals surface area contributed by atoms with Gasteiger partial charge in [-0.1, -0.05) is 99.1 Å². The normalized spacial score (nSPS) is 17.4. The third kappa shape index (κ3) is 6.19. The van der Waals surface area contributed by atoms with Crippen LogP contribution in [-0.2, 0) is 20.9 Å². The van der Waals surface area contributed by atoms with Crippen LogP contribution in [0.2, 0.25) is 0 Å². The molecular weight excluding hydrogens is 530 g/mol. The number of ether oxygens (including phenoxy) is 1. The molecule has 42 heavy (non-hydrogen) atoms. The lowest BCUT2D eigenvalue weighted by molar-refractivity contribution is -0.150. The summed E-state index contributed by atoms with van der Waals surface area (Å²) < 4.78 is 5.70. The molecule has 8 nitrogen and oxygen atoms in total. The van der Waals surface area contributed by atoms with Crippen LogP contribution in [0.3, 0.4) is 0 Å². The molecule has 2 aliphatic rings. The number of hydrogen-bond acceptors (Lipinski definition) is 5. The molecule has 1 aliphatic carbocycles. The number of benzene rings is 3. The van der Waals surface area contributed by atoms with Gasteiger partial charge in [-0.25, -0.2) is 9.59 Å². The summed E-state index contributed by atoms with van der Waals surface area (Å²) in [4.78, 5) is 41.3. The molecule has 0 radical (unpaired) electrons. The van der Waals surface area contributed by atoms with Gasteiger partial charge in [0.15, 0.2) is 0 Å². The summed E-state index contributed by atoms with van der Waals surface area (Å²) in [6, 6.07) is 25.3. The number of fused-ring (bicyclic) bond motifs is 3. The topological polar surface area (TPSA) is 108 Å². The van der Waals surface area contributed by atoms with Crippen LogP contribution in [0, 0.1) is 5.92 Å². The molecule has 0 bridgehead atoms. The van der Waals surface area contributed by atoms with E-state index in [-0.39, 0.29) is 31.3 Å². The zero-order valence-electron chi connectivity index (χ0n) is 24.2. The second-order valence-electron chi connectivity index (χ2n) is 11.5. The van der Waals surface area contributed by atoms with Gasteiger partial charge in [-0.15, -0.1) is 0 Å². The Bertz CT molecular complexity index is 1370. The molecule has 1 fully saturated rings. The minimum atomic E-state index is -1.39.